The third-order valence-corrected chi connectivity index (χ3v) is 5.68. The number of carbonyl (C=O) groups excluding carboxylic acids is 1. The molecule has 1 unspecified atom stereocenters. The summed E-state index contributed by atoms with van der Waals surface area (Å²) in [5, 5.41) is 8.56. The van der Waals surface area contributed by atoms with Crippen molar-refractivity contribution in [2.45, 2.75) is 40.2 Å². The highest BCUT2D eigenvalue weighted by atomic mass is 16.5. The molecular weight excluding hydrogens is 416 g/mol. The molecule has 4 rings (SSSR count). The second kappa shape index (κ2) is 9.32. The summed E-state index contributed by atoms with van der Waals surface area (Å²) in [5.41, 5.74) is 3.42. The SMILES string of the molecule is CCOc1ccccc1NC(=O)C(CC)n1c(=O)cc(C)c2c(C)nn(-c3ccccc3)c21. The number of fused-ring (bicyclic) bond motifs is 1. The minimum atomic E-state index is -0.728. The molecule has 33 heavy (non-hydrogen) atoms. The van der Waals surface area contributed by atoms with E-state index in [1.54, 1.807) is 21.4 Å². The largest absolute Gasteiger partial charge is 0.492 e. The van der Waals surface area contributed by atoms with Gasteiger partial charge in [-0.1, -0.05) is 37.3 Å². The van der Waals surface area contributed by atoms with Crippen molar-refractivity contribution in [2.24, 2.45) is 0 Å². The van der Waals surface area contributed by atoms with Gasteiger partial charge in [-0.05, 0) is 57.0 Å². The zero-order chi connectivity index (χ0) is 23.5. The van der Waals surface area contributed by atoms with Crippen molar-refractivity contribution in [3.8, 4) is 11.4 Å². The number of nitrogens with one attached hydrogen (secondary N) is 1. The van der Waals surface area contributed by atoms with Crippen LogP contribution in [0.1, 0.15) is 37.6 Å². The lowest BCUT2D eigenvalue weighted by Crippen LogP contribution is -2.34. The summed E-state index contributed by atoms with van der Waals surface area (Å²) < 4.78 is 8.97. The fraction of sp³-hybridized carbons (Fsp3) is 0.269. The topological polar surface area (TPSA) is 78.2 Å². The van der Waals surface area contributed by atoms with Crippen LogP contribution >= 0.6 is 0 Å². The van der Waals surface area contributed by atoms with Crippen LogP contribution in [0.25, 0.3) is 16.7 Å². The highest BCUT2D eigenvalue weighted by Gasteiger charge is 2.26. The monoisotopic (exact) mass is 444 g/mol. The molecule has 0 saturated carbocycles. The molecular formula is C26H28N4O3. The smallest absolute Gasteiger partial charge is 0.253 e. The Labute approximate surface area is 192 Å². The summed E-state index contributed by atoms with van der Waals surface area (Å²) in [6, 6.07) is 17.8. The number of hydrogen-bond donors (Lipinski definition) is 1. The maximum absolute atomic E-state index is 13.5. The molecule has 0 radical (unpaired) electrons. The number of benzene rings is 2. The van der Waals surface area contributed by atoms with E-state index in [0.29, 0.717) is 30.1 Å². The van der Waals surface area contributed by atoms with Gasteiger partial charge in [0.1, 0.15) is 17.4 Å². The molecule has 4 aromatic rings. The summed E-state index contributed by atoms with van der Waals surface area (Å²) in [7, 11) is 0. The van der Waals surface area contributed by atoms with E-state index in [2.05, 4.69) is 5.32 Å². The maximum atomic E-state index is 13.5. The maximum Gasteiger partial charge on any atom is 0.253 e. The fourth-order valence-electron chi connectivity index (χ4n) is 4.23. The molecule has 0 fully saturated rings. The number of rotatable bonds is 7. The first-order valence-electron chi connectivity index (χ1n) is 11.2. The summed E-state index contributed by atoms with van der Waals surface area (Å²) in [6.07, 6.45) is 0.430. The summed E-state index contributed by atoms with van der Waals surface area (Å²) in [4.78, 5) is 26.8. The van der Waals surface area contributed by atoms with Crippen LogP contribution in [0.5, 0.6) is 5.75 Å². The average Bonchev–Trinajstić information content (AvgIpc) is 3.16. The third kappa shape index (κ3) is 4.14. The van der Waals surface area contributed by atoms with E-state index in [1.165, 1.54) is 0 Å². The van der Waals surface area contributed by atoms with Gasteiger partial charge in [0.2, 0.25) is 5.91 Å². The molecule has 170 valence electrons. The van der Waals surface area contributed by atoms with E-state index in [0.717, 1.165) is 22.3 Å². The van der Waals surface area contributed by atoms with Gasteiger partial charge in [0.15, 0.2) is 0 Å². The van der Waals surface area contributed by atoms with Crippen LogP contribution in [0.15, 0.2) is 65.5 Å². The zero-order valence-electron chi connectivity index (χ0n) is 19.3. The molecule has 7 heteroatoms. The van der Waals surface area contributed by atoms with Crippen molar-refractivity contribution >= 4 is 22.6 Å². The Hall–Kier alpha value is -3.87. The molecule has 2 aromatic carbocycles. The fourth-order valence-corrected chi connectivity index (χ4v) is 4.23. The van der Waals surface area contributed by atoms with Crippen LogP contribution in [0.4, 0.5) is 5.69 Å². The first kappa shape index (κ1) is 22.3. The molecule has 0 aliphatic heterocycles. The number of hydrogen-bond acceptors (Lipinski definition) is 4. The Balaban J connectivity index is 1.87. The predicted octanol–water partition coefficient (Wildman–Crippen LogP) is 4.79. The van der Waals surface area contributed by atoms with Crippen LogP contribution < -0.4 is 15.6 Å². The molecule has 0 aliphatic carbocycles. The number of para-hydroxylation sites is 3. The third-order valence-electron chi connectivity index (χ3n) is 5.68. The predicted molar refractivity (Wildman–Crippen MR) is 130 cm³/mol. The van der Waals surface area contributed by atoms with Gasteiger partial charge >= 0.3 is 0 Å². The van der Waals surface area contributed by atoms with Crippen LogP contribution in [0, 0.1) is 13.8 Å². The van der Waals surface area contributed by atoms with Crippen molar-refractivity contribution < 1.29 is 9.53 Å². The van der Waals surface area contributed by atoms with Gasteiger partial charge in [-0.2, -0.15) is 5.10 Å². The Kier molecular flexibility index (Phi) is 6.31. The first-order chi connectivity index (χ1) is 16.0. The Morgan fingerprint density at radius 2 is 1.76 bits per heavy atom. The summed E-state index contributed by atoms with van der Waals surface area (Å²) in [5.74, 6) is 0.310. The molecule has 0 bridgehead atoms. The Morgan fingerprint density at radius 3 is 2.45 bits per heavy atom. The van der Waals surface area contributed by atoms with E-state index in [-0.39, 0.29) is 11.5 Å². The van der Waals surface area contributed by atoms with Crippen LogP contribution in [0.3, 0.4) is 0 Å². The van der Waals surface area contributed by atoms with E-state index in [9.17, 15) is 9.59 Å². The Morgan fingerprint density at radius 1 is 1.06 bits per heavy atom. The minimum absolute atomic E-state index is 0.239. The minimum Gasteiger partial charge on any atom is -0.492 e. The lowest BCUT2D eigenvalue weighted by Gasteiger charge is -2.21. The molecule has 1 N–H and O–H groups in total. The Bertz CT molecular complexity index is 1360. The van der Waals surface area contributed by atoms with Crippen molar-refractivity contribution in [1.82, 2.24) is 14.3 Å². The van der Waals surface area contributed by atoms with Gasteiger partial charge in [0.05, 0.1) is 23.7 Å². The van der Waals surface area contributed by atoms with Crippen molar-refractivity contribution in [3.63, 3.8) is 0 Å². The molecule has 1 amide bonds. The molecule has 7 nitrogen and oxygen atoms in total. The number of amides is 1. The molecule has 2 aromatic heterocycles. The second-order valence-corrected chi connectivity index (χ2v) is 7.91. The number of anilines is 1. The van der Waals surface area contributed by atoms with E-state index < -0.39 is 6.04 Å². The van der Waals surface area contributed by atoms with E-state index in [1.807, 2.05) is 76.2 Å². The van der Waals surface area contributed by atoms with E-state index >= 15 is 0 Å². The number of nitrogens with zero attached hydrogens (tertiary/aromatic N) is 3. The molecule has 0 saturated heterocycles. The van der Waals surface area contributed by atoms with Gasteiger partial charge in [0.25, 0.3) is 5.56 Å². The van der Waals surface area contributed by atoms with Gasteiger partial charge in [-0.3, -0.25) is 14.2 Å². The van der Waals surface area contributed by atoms with E-state index in [4.69, 9.17) is 9.84 Å². The number of aryl methyl sites for hydroxylation is 2. The molecule has 1 atom stereocenters. The molecule has 0 spiro atoms. The van der Waals surface area contributed by atoms with Crippen molar-refractivity contribution in [1.29, 1.82) is 0 Å². The standard InChI is InChI=1S/C26H28N4O3/c1-5-21(25(32)27-20-14-10-11-15-22(20)33-6-2)29-23(31)16-17(3)24-18(4)28-30(26(24)29)19-12-8-7-9-13-19/h7-16,21H,5-6H2,1-4H3,(H,27,32). The highest BCUT2D eigenvalue weighted by molar-refractivity contribution is 5.96. The summed E-state index contributed by atoms with van der Waals surface area (Å²) in [6.45, 7) is 8.09. The number of ether oxygens (including phenoxy) is 1. The second-order valence-electron chi connectivity index (χ2n) is 7.91. The van der Waals surface area contributed by atoms with Crippen LogP contribution in [-0.4, -0.2) is 26.9 Å². The summed E-state index contributed by atoms with van der Waals surface area (Å²) >= 11 is 0. The lowest BCUT2D eigenvalue weighted by atomic mass is 10.1. The molecule has 0 aliphatic rings. The number of carbonyl (C=O) groups is 1. The van der Waals surface area contributed by atoms with Gasteiger partial charge in [-0.25, -0.2) is 4.68 Å². The zero-order valence-corrected chi connectivity index (χ0v) is 19.3. The van der Waals surface area contributed by atoms with Gasteiger partial charge < -0.3 is 10.1 Å². The van der Waals surface area contributed by atoms with Gasteiger partial charge in [0, 0.05) is 11.5 Å². The normalized spacial score (nSPS) is 12.0. The molecule has 2 heterocycles. The quantitative estimate of drug-likeness (QED) is 0.444. The van der Waals surface area contributed by atoms with Crippen LogP contribution in [-0.2, 0) is 4.79 Å². The number of pyridine rings is 1. The highest BCUT2D eigenvalue weighted by Crippen LogP contribution is 2.29. The average molecular weight is 445 g/mol. The lowest BCUT2D eigenvalue weighted by molar-refractivity contribution is -0.119. The van der Waals surface area contributed by atoms with Crippen molar-refractivity contribution in [3.05, 3.63) is 82.3 Å². The number of aromatic nitrogens is 3. The van der Waals surface area contributed by atoms with Crippen LogP contribution in [0.2, 0.25) is 0 Å². The van der Waals surface area contributed by atoms with Gasteiger partial charge in [-0.15, -0.1) is 0 Å². The first-order valence-corrected chi connectivity index (χ1v) is 11.2. The van der Waals surface area contributed by atoms with Crippen molar-refractivity contribution in [2.75, 3.05) is 11.9 Å².